The van der Waals surface area contributed by atoms with E-state index in [-0.39, 0.29) is 27.8 Å². The van der Waals surface area contributed by atoms with Crippen molar-refractivity contribution in [3.8, 4) is 0 Å². The van der Waals surface area contributed by atoms with Crippen molar-refractivity contribution >= 4 is 50.6 Å². The van der Waals surface area contributed by atoms with Gasteiger partial charge in [0.1, 0.15) is 5.82 Å². The average Bonchev–Trinajstić information content (AvgIpc) is 2.43. The number of hydrogen-bond acceptors (Lipinski definition) is 5. The number of nitrogen functional groups attached to an aromatic ring is 1. The lowest BCUT2D eigenvalue weighted by Crippen LogP contribution is -2.13. The molecule has 0 radical (unpaired) electrons. The zero-order valence-electron chi connectivity index (χ0n) is 10.3. The van der Waals surface area contributed by atoms with Crippen molar-refractivity contribution in [1.82, 2.24) is 4.98 Å². The molecule has 21 heavy (non-hydrogen) atoms. The summed E-state index contributed by atoms with van der Waals surface area (Å²) in [7, 11) is 0. The Balaban J connectivity index is 2.28. The fraction of sp³-hybridized carbons (Fsp3) is 0. The largest absolute Gasteiger partial charge is 0.382 e. The van der Waals surface area contributed by atoms with Crippen LogP contribution < -0.4 is 11.1 Å². The molecule has 0 aliphatic heterocycles. The van der Waals surface area contributed by atoms with Crippen LogP contribution in [0, 0.1) is 10.1 Å². The summed E-state index contributed by atoms with van der Waals surface area (Å²) in [6.07, 6.45) is 1.27. The molecule has 0 fully saturated rings. The normalized spacial score (nSPS) is 10.2. The molecule has 1 amide bonds. The fourth-order valence-electron chi connectivity index (χ4n) is 1.49. The highest BCUT2D eigenvalue weighted by Crippen LogP contribution is 2.27. The van der Waals surface area contributed by atoms with Crippen molar-refractivity contribution in [1.29, 1.82) is 0 Å². The van der Waals surface area contributed by atoms with E-state index in [0.717, 1.165) is 0 Å². The van der Waals surface area contributed by atoms with Crippen LogP contribution in [0.1, 0.15) is 10.4 Å². The van der Waals surface area contributed by atoms with Gasteiger partial charge in [-0.25, -0.2) is 4.98 Å². The lowest BCUT2D eigenvalue weighted by molar-refractivity contribution is -0.384. The van der Waals surface area contributed by atoms with E-state index in [1.165, 1.54) is 30.5 Å². The van der Waals surface area contributed by atoms with E-state index in [2.05, 4.69) is 26.2 Å². The number of amides is 1. The molecule has 2 aromatic rings. The Morgan fingerprint density at radius 1 is 1.43 bits per heavy atom. The molecule has 1 aromatic heterocycles. The number of nitrogens with zero attached hydrogens (tertiary/aromatic N) is 2. The van der Waals surface area contributed by atoms with Gasteiger partial charge in [-0.2, -0.15) is 0 Å². The minimum atomic E-state index is -0.552. The van der Waals surface area contributed by atoms with Crippen LogP contribution in [0.5, 0.6) is 0 Å². The Morgan fingerprint density at radius 2 is 2.14 bits per heavy atom. The monoisotopic (exact) mass is 370 g/mol. The lowest BCUT2D eigenvalue weighted by atomic mass is 10.2. The van der Waals surface area contributed by atoms with Crippen LogP contribution >= 0.6 is 27.5 Å². The van der Waals surface area contributed by atoms with Crippen LogP contribution in [0.15, 0.2) is 34.9 Å². The van der Waals surface area contributed by atoms with Gasteiger partial charge in [0.15, 0.2) is 0 Å². The van der Waals surface area contributed by atoms with Gasteiger partial charge in [-0.1, -0.05) is 11.6 Å². The molecule has 1 aromatic carbocycles. The first-order chi connectivity index (χ1) is 9.88. The highest BCUT2D eigenvalue weighted by atomic mass is 79.9. The standard InChI is InChI=1S/C12H8BrClN4O3/c13-8-2-1-7(18(20)21)4-10(8)17-12(19)6-3-9(14)11(15)16-5-6/h1-5H,(H2,15,16)(H,17,19). The lowest BCUT2D eigenvalue weighted by Gasteiger charge is -2.08. The summed E-state index contributed by atoms with van der Waals surface area (Å²) in [6.45, 7) is 0. The van der Waals surface area contributed by atoms with E-state index >= 15 is 0 Å². The minimum absolute atomic E-state index is 0.116. The van der Waals surface area contributed by atoms with Crippen LogP contribution in [-0.2, 0) is 0 Å². The number of non-ortho nitro benzene ring substituents is 1. The van der Waals surface area contributed by atoms with Gasteiger partial charge < -0.3 is 11.1 Å². The Kier molecular flexibility index (Phi) is 4.39. The third-order valence-electron chi connectivity index (χ3n) is 2.54. The van der Waals surface area contributed by atoms with Crippen LogP contribution in [-0.4, -0.2) is 15.8 Å². The molecule has 1 heterocycles. The molecule has 0 aliphatic rings. The van der Waals surface area contributed by atoms with Crippen LogP contribution in [0.2, 0.25) is 5.02 Å². The number of nitrogens with two attached hydrogens (primary N) is 1. The van der Waals surface area contributed by atoms with Crippen LogP contribution in [0.25, 0.3) is 0 Å². The molecule has 0 unspecified atom stereocenters. The predicted molar refractivity (Wildman–Crippen MR) is 82.4 cm³/mol. The molecule has 9 heteroatoms. The SMILES string of the molecule is Nc1ncc(C(=O)Nc2cc([N+](=O)[O-])ccc2Br)cc1Cl. The fourth-order valence-corrected chi connectivity index (χ4v) is 2.00. The minimum Gasteiger partial charge on any atom is -0.382 e. The third kappa shape index (κ3) is 3.47. The molecule has 0 saturated carbocycles. The molecule has 0 spiro atoms. The number of halogens is 2. The van der Waals surface area contributed by atoms with Gasteiger partial charge in [-0.15, -0.1) is 0 Å². The highest BCUT2D eigenvalue weighted by Gasteiger charge is 2.14. The van der Waals surface area contributed by atoms with E-state index in [1.807, 2.05) is 0 Å². The number of pyridine rings is 1. The molecule has 2 rings (SSSR count). The van der Waals surface area contributed by atoms with Crippen molar-refractivity contribution in [2.24, 2.45) is 0 Å². The average molecular weight is 372 g/mol. The number of rotatable bonds is 3. The van der Waals surface area contributed by atoms with Crippen molar-refractivity contribution < 1.29 is 9.72 Å². The molecular formula is C12H8BrClN4O3. The molecule has 0 bridgehead atoms. The topological polar surface area (TPSA) is 111 Å². The first-order valence-electron chi connectivity index (χ1n) is 5.55. The maximum Gasteiger partial charge on any atom is 0.271 e. The quantitative estimate of drug-likeness (QED) is 0.635. The Labute approximate surface area is 132 Å². The van der Waals surface area contributed by atoms with Crippen LogP contribution in [0.3, 0.4) is 0 Å². The number of hydrogen-bond donors (Lipinski definition) is 2. The summed E-state index contributed by atoms with van der Waals surface area (Å²) in [6, 6.07) is 5.40. The van der Waals surface area contributed by atoms with Crippen molar-refractivity contribution in [3.63, 3.8) is 0 Å². The Hall–Kier alpha value is -2.19. The van der Waals surface area contributed by atoms with E-state index in [9.17, 15) is 14.9 Å². The molecule has 108 valence electrons. The van der Waals surface area contributed by atoms with Crippen molar-refractivity contribution in [2.75, 3.05) is 11.1 Å². The van der Waals surface area contributed by atoms with E-state index in [1.54, 1.807) is 0 Å². The Morgan fingerprint density at radius 3 is 2.76 bits per heavy atom. The number of nitro benzene ring substituents is 1. The summed E-state index contributed by atoms with van der Waals surface area (Å²) < 4.78 is 0.510. The summed E-state index contributed by atoms with van der Waals surface area (Å²) in [5, 5.41) is 13.4. The molecule has 0 atom stereocenters. The van der Waals surface area contributed by atoms with Gasteiger partial charge >= 0.3 is 0 Å². The number of nitro groups is 1. The van der Waals surface area contributed by atoms with Gasteiger partial charge in [0.2, 0.25) is 0 Å². The second-order valence-electron chi connectivity index (χ2n) is 3.97. The van der Waals surface area contributed by atoms with E-state index in [0.29, 0.717) is 4.47 Å². The summed E-state index contributed by atoms with van der Waals surface area (Å²) >= 11 is 9.00. The smallest absolute Gasteiger partial charge is 0.271 e. The number of aromatic nitrogens is 1. The maximum absolute atomic E-state index is 12.1. The summed E-state index contributed by atoms with van der Waals surface area (Å²) in [4.78, 5) is 26.0. The van der Waals surface area contributed by atoms with Gasteiger partial charge in [0, 0.05) is 22.8 Å². The predicted octanol–water partition coefficient (Wildman–Crippen LogP) is 3.24. The molecule has 0 saturated heterocycles. The maximum atomic E-state index is 12.1. The second-order valence-corrected chi connectivity index (χ2v) is 5.23. The highest BCUT2D eigenvalue weighted by molar-refractivity contribution is 9.10. The molecule has 7 nitrogen and oxygen atoms in total. The van der Waals surface area contributed by atoms with Crippen molar-refractivity contribution in [2.45, 2.75) is 0 Å². The van der Waals surface area contributed by atoms with Gasteiger partial charge in [-0.3, -0.25) is 14.9 Å². The summed E-state index contributed by atoms with van der Waals surface area (Å²) in [5.74, 6) is -0.393. The number of carbonyl (C=O) groups excluding carboxylic acids is 1. The first-order valence-corrected chi connectivity index (χ1v) is 6.72. The first kappa shape index (κ1) is 15.2. The van der Waals surface area contributed by atoms with Gasteiger partial charge in [-0.05, 0) is 28.1 Å². The number of benzene rings is 1. The third-order valence-corrected chi connectivity index (χ3v) is 3.54. The number of nitrogens with one attached hydrogen (secondary N) is 1. The number of anilines is 2. The molecule has 3 N–H and O–H groups in total. The molecule has 0 aliphatic carbocycles. The zero-order chi connectivity index (χ0) is 15.6. The zero-order valence-corrected chi connectivity index (χ0v) is 12.7. The van der Waals surface area contributed by atoms with Crippen LogP contribution in [0.4, 0.5) is 17.2 Å². The van der Waals surface area contributed by atoms with E-state index < -0.39 is 10.8 Å². The number of carbonyl (C=O) groups is 1. The Bertz CT molecular complexity index is 738. The van der Waals surface area contributed by atoms with Gasteiger partial charge in [0.25, 0.3) is 11.6 Å². The summed E-state index contributed by atoms with van der Waals surface area (Å²) in [5.41, 5.74) is 5.78. The molecular weight excluding hydrogens is 364 g/mol. The van der Waals surface area contributed by atoms with Crippen molar-refractivity contribution in [3.05, 3.63) is 55.6 Å². The second kappa shape index (κ2) is 6.06. The van der Waals surface area contributed by atoms with Gasteiger partial charge in [0.05, 0.1) is 21.2 Å². The van der Waals surface area contributed by atoms with E-state index in [4.69, 9.17) is 17.3 Å².